The Balaban J connectivity index is 2.13. The largest absolute Gasteiger partial charge is 0.369 e. The first kappa shape index (κ1) is 13.6. The fourth-order valence-corrected chi connectivity index (χ4v) is 2.31. The minimum Gasteiger partial charge on any atom is -0.369 e. The molecule has 0 aromatic carbocycles. The van der Waals surface area contributed by atoms with Crippen molar-refractivity contribution in [2.24, 2.45) is 0 Å². The molecule has 104 valence electrons. The predicted octanol–water partition coefficient (Wildman–Crippen LogP) is 1.01. The van der Waals surface area contributed by atoms with Gasteiger partial charge in [-0.2, -0.15) is 0 Å². The molecule has 2 heterocycles. The van der Waals surface area contributed by atoms with Crippen LogP contribution in [0.3, 0.4) is 0 Å². The maximum atomic E-state index is 11.8. The summed E-state index contributed by atoms with van der Waals surface area (Å²) in [6.07, 6.45) is 6.35. The van der Waals surface area contributed by atoms with Gasteiger partial charge >= 0.3 is 0 Å². The van der Waals surface area contributed by atoms with Gasteiger partial charge in [0.05, 0.1) is 12.4 Å². The Hall–Kier alpha value is -1.85. The van der Waals surface area contributed by atoms with Gasteiger partial charge in [-0.3, -0.25) is 9.78 Å². The van der Waals surface area contributed by atoms with E-state index in [0.29, 0.717) is 0 Å². The van der Waals surface area contributed by atoms with E-state index < -0.39 is 0 Å². The van der Waals surface area contributed by atoms with Gasteiger partial charge < -0.3 is 15.5 Å². The number of likely N-dealkylation sites (N-methyl/N-ethyl adjacent to an activating group) is 1. The Bertz CT molecular complexity index is 437. The molecule has 1 unspecified atom stereocenters. The maximum absolute atomic E-state index is 11.8. The molecular formula is C13H21N5O. The summed E-state index contributed by atoms with van der Waals surface area (Å²) in [6.45, 7) is 3.83. The highest BCUT2D eigenvalue weighted by molar-refractivity contribution is 5.85. The molecule has 0 radical (unpaired) electrons. The molecular weight excluding hydrogens is 242 g/mol. The number of aromatic nitrogens is 2. The van der Waals surface area contributed by atoms with Gasteiger partial charge in [0.15, 0.2) is 0 Å². The van der Waals surface area contributed by atoms with E-state index in [9.17, 15) is 4.79 Å². The zero-order valence-electron chi connectivity index (χ0n) is 11.5. The maximum Gasteiger partial charge on any atom is 0.242 e. The Morgan fingerprint density at radius 3 is 3.11 bits per heavy atom. The van der Waals surface area contributed by atoms with E-state index in [1.165, 1.54) is 0 Å². The first-order valence-electron chi connectivity index (χ1n) is 6.80. The average molecular weight is 263 g/mol. The fourth-order valence-electron chi connectivity index (χ4n) is 2.31. The summed E-state index contributed by atoms with van der Waals surface area (Å²) in [5.74, 6) is 1.58. The first-order chi connectivity index (χ1) is 9.26. The quantitative estimate of drug-likeness (QED) is 0.830. The molecule has 6 nitrogen and oxygen atoms in total. The summed E-state index contributed by atoms with van der Waals surface area (Å²) in [7, 11) is 1.67. The third-order valence-electron chi connectivity index (χ3n) is 3.27. The Kier molecular flexibility index (Phi) is 4.54. The number of amides is 1. The standard InChI is InChI=1S/C13H21N5O/c1-3-6-16-11-8-15-9-12(17-11)18-7-4-5-10(18)13(19)14-2/h8-10H,3-7H2,1-2H3,(H,14,19)(H,16,17). The van der Waals surface area contributed by atoms with Crippen molar-refractivity contribution < 1.29 is 4.79 Å². The number of anilines is 2. The summed E-state index contributed by atoms with van der Waals surface area (Å²) < 4.78 is 0. The lowest BCUT2D eigenvalue weighted by Crippen LogP contribution is -2.42. The molecule has 1 atom stereocenters. The lowest BCUT2D eigenvalue weighted by molar-refractivity contribution is -0.121. The third-order valence-corrected chi connectivity index (χ3v) is 3.27. The van der Waals surface area contributed by atoms with Gasteiger partial charge in [0.1, 0.15) is 17.7 Å². The summed E-state index contributed by atoms with van der Waals surface area (Å²) >= 11 is 0. The van der Waals surface area contributed by atoms with Crippen LogP contribution in [-0.2, 0) is 4.79 Å². The molecule has 1 fully saturated rings. The number of carbonyl (C=O) groups is 1. The molecule has 1 aromatic heterocycles. The van der Waals surface area contributed by atoms with Crippen LogP contribution in [0.5, 0.6) is 0 Å². The Labute approximate surface area is 113 Å². The van der Waals surface area contributed by atoms with Crippen molar-refractivity contribution in [3.63, 3.8) is 0 Å². The van der Waals surface area contributed by atoms with Crippen LogP contribution in [0.25, 0.3) is 0 Å². The highest BCUT2D eigenvalue weighted by Gasteiger charge is 2.31. The van der Waals surface area contributed by atoms with Crippen LogP contribution in [0.2, 0.25) is 0 Å². The molecule has 1 aromatic rings. The zero-order valence-corrected chi connectivity index (χ0v) is 11.5. The molecule has 2 rings (SSSR count). The Morgan fingerprint density at radius 1 is 1.53 bits per heavy atom. The van der Waals surface area contributed by atoms with Gasteiger partial charge in [-0.05, 0) is 19.3 Å². The van der Waals surface area contributed by atoms with Crippen LogP contribution in [0.1, 0.15) is 26.2 Å². The lowest BCUT2D eigenvalue weighted by Gasteiger charge is -2.24. The predicted molar refractivity (Wildman–Crippen MR) is 75.2 cm³/mol. The number of hydrogen-bond donors (Lipinski definition) is 2. The molecule has 19 heavy (non-hydrogen) atoms. The summed E-state index contributed by atoms with van der Waals surface area (Å²) in [5.41, 5.74) is 0. The Morgan fingerprint density at radius 2 is 2.37 bits per heavy atom. The lowest BCUT2D eigenvalue weighted by atomic mass is 10.2. The molecule has 1 saturated heterocycles. The van der Waals surface area contributed by atoms with E-state index in [1.54, 1.807) is 19.4 Å². The van der Waals surface area contributed by atoms with Crippen molar-refractivity contribution in [3.05, 3.63) is 12.4 Å². The highest BCUT2D eigenvalue weighted by Crippen LogP contribution is 2.24. The van der Waals surface area contributed by atoms with Crippen LogP contribution in [0.15, 0.2) is 12.4 Å². The minimum atomic E-state index is -0.124. The summed E-state index contributed by atoms with van der Waals surface area (Å²) in [6, 6.07) is -0.124. The van der Waals surface area contributed by atoms with Crippen LogP contribution in [0.4, 0.5) is 11.6 Å². The monoisotopic (exact) mass is 263 g/mol. The van der Waals surface area contributed by atoms with Crippen LogP contribution in [0, 0.1) is 0 Å². The van der Waals surface area contributed by atoms with Crippen molar-refractivity contribution in [1.29, 1.82) is 0 Å². The molecule has 0 spiro atoms. The van der Waals surface area contributed by atoms with Gasteiger partial charge in [-0.15, -0.1) is 0 Å². The van der Waals surface area contributed by atoms with E-state index >= 15 is 0 Å². The van der Waals surface area contributed by atoms with E-state index in [2.05, 4.69) is 27.5 Å². The van der Waals surface area contributed by atoms with Crippen LogP contribution < -0.4 is 15.5 Å². The van der Waals surface area contributed by atoms with E-state index in [4.69, 9.17) is 0 Å². The van der Waals surface area contributed by atoms with E-state index in [0.717, 1.165) is 44.0 Å². The van der Waals surface area contributed by atoms with Crippen molar-refractivity contribution in [3.8, 4) is 0 Å². The van der Waals surface area contributed by atoms with Gasteiger partial charge in [-0.1, -0.05) is 6.92 Å². The SMILES string of the molecule is CCCNc1cncc(N2CCCC2C(=O)NC)n1. The van der Waals surface area contributed by atoms with Crippen molar-refractivity contribution in [2.75, 3.05) is 30.4 Å². The van der Waals surface area contributed by atoms with Crippen molar-refractivity contribution >= 4 is 17.5 Å². The van der Waals surface area contributed by atoms with Crippen LogP contribution in [-0.4, -0.2) is 42.1 Å². The van der Waals surface area contributed by atoms with Gasteiger partial charge in [0, 0.05) is 20.1 Å². The van der Waals surface area contributed by atoms with Crippen molar-refractivity contribution in [1.82, 2.24) is 15.3 Å². The number of rotatable bonds is 5. The number of nitrogens with zero attached hydrogens (tertiary/aromatic N) is 3. The van der Waals surface area contributed by atoms with E-state index in [1.807, 2.05) is 4.90 Å². The van der Waals surface area contributed by atoms with Gasteiger partial charge in [0.2, 0.25) is 5.91 Å². The second-order valence-electron chi connectivity index (χ2n) is 4.65. The normalized spacial score (nSPS) is 18.4. The zero-order chi connectivity index (χ0) is 13.7. The summed E-state index contributed by atoms with van der Waals surface area (Å²) in [4.78, 5) is 22.6. The number of carbonyl (C=O) groups excluding carboxylic acids is 1. The van der Waals surface area contributed by atoms with Gasteiger partial charge in [0.25, 0.3) is 0 Å². The molecule has 1 amide bonds. The average Bonchev–Trinajstić information content (AvgIpc) is 2.94. The number of nitrogens with one attached hydrogen (secondary N) is 2. The topological polar surface area (TPSA) is 70.2 Å². The third kappa shape index (κ3) is 3.13. The highest BCUT2D eigenvalue weighted by atomic mass is 16.2. The molecule has 0 bridgehead atoms. The molecule has 2 N–H and O–H groups in total. The number of hydrogen-bond acceptors (Lipinski definition) is 5. The molecule has 1 aliphatic rings. The van der Waals surface area contributed by atoms with E-state index in [-0.39, 0.29) is 11.9 Å². The minimum absolute atomic E-state index is 0.0474. The molecule has 1 aliphatic heterocycles. The second-order valence-corrected chi connectivity index (χ2v) is 4.65. The smallest absolute Gasteiger partial charge is 0.242 e. The first-order valence-corrected chi connectivity index (χ1v) is 6.80. The van der Waals surface area contributed by atoms with Crippen LogP contribution >= 0.6 is 0 Å². The molecule has 0 saturated carbocycles. The fraction of sp³-hybridized carbons (Fsp3) is 0.615. The molecule has 6 heteroatoms. The van der Waals surface area contributed by atoms with Gasteiger partial charge in [-0.25, -0.2) is 4.98 Å². The van der Waals surface area contributed by atoms with Crippen molar-refractivity contribution in [2.45, 2.75) is 32.2 Å². The second kappa shape index (κ2) is 6.36. The molecule has 0 aliphatic carbocycles. The summed E-state index contributed by atoms with van der Waals surface area (Å²) in [5, 5.41) is 5.93.